The third-order valence-electron chi connectivity index (χ3n) is 1.90. The molecule has 0 saturated heterocycles. The summed E-state index contributed by atoms with van der Waals surface area (Å²) in [6.45, 7) is 0. The summed E-state index contributed by atoms with van der Waals surface area (Å²) in [5, 5.41) is 24.2. The fraction of sp³-hybridized carbons (Fsp3) is 0. The van der Waals surface area contributed by atoms with E-state index in [0.717, 1.165) is 6.21 Å². The molecule has 0 saturated carbocycles. The minimum absolute atomic E-state index is 0.0231. The summed E-state index contributed by atoms with van der Waals surface area (Å²) in [5.41, 5.74) is 11.0. The van der Waals surface area contributed by atoms with Gasteiger partial charge in [-0.25, -0.2) is 4.63 Å². The number of hydrogen-bond acceptors (Lipinski definition) is 9. The van der Waals surface area contributed by atoms with Crippen molar-refractivity contribution in [2.24, 2.45) is 15.9 Å². The molecule has 0 atom stereocenters. The lowest BCUT2D eigenvalue weighted by Gasteiger charge is -1.90. The number of anilines is 1. The molecule has 2 heterocycles. The molecule has 0 aliphatic rings. The van der Waals surface area contributed by atoms with Crippen molar-refractivity contribution in [3.63, 3.8) is 0 Å². The van der Waals surface area contributed by atoms with Crippen LogP contribution in [0.1, 0.15) is 11.5 Å². The van der Waals surface area contributed by atoms with Crippen LogP contribution in [0.15, 0.2) is 31.4 Å². The highest BCUT2D eigenvalue weighted by Crippen LogP contribution is 2.13. The quantitative estimate of drug-likeness (QED) is 0.333. The molecule has 98 valence electrons. The predicted octanol–water partition coefficient (Wildman–Crippen LogP) is -0.108. The van der Waals surface area contributed by atoms with Gasteiger partial charge in [-0.15, -0.1) is 5.10 Å². The molecular formula is C8H7N7O4. The third-order valence-corrected chi connectivity index (χ3v) is 1.90. The van der Waals surface area contributed by atoms with E-state index in [-0.39, 0.29) is 23.1 Å². The molecule has 19 heavy (non-hydrogen) atoms. The first-order valence-corrected chi connectivity index (χ1v) is 4.77. The molecule has 0 amide bonds. The maximum Gasteiger partial charge on any atom is 0.433 e. The molecule has 11 heteroatoms. The molecule has 0 spiro atoms. The second-order valence-corrected chi connectivity index (χ2v) is 3.16. The van der Waals surface area contributed by atoms with Gasteiger partial charge in [0.25, 0.3) is 0 Å². The van der Waals surface area contributed by atoms with Gasteiger partial charge in [-0.05, 0) is 16.4 Å². The standard InChI is InChI=1S/C8H7N7O4/c9-7(6-8(10)14-19-13-6)12-11-3-4-1-2-5(18-4)15(16)17/h1-3H,(H2,9,12)(H2,10,14). The Balaban J connectivity index is 2.10. The van der Waals surface area contributed by atoms with Crippen LogP contribution in [0.4, 0.5) is 11.7 Å². The average molecular weight is 265 g/mol. The summed E-state index contributed by atoms with van der Waals surface area (Å²) in [6, 6.07) is 2.55. The first-order chi connectivity index (χ1) is 9.08. The number of furan rings is 1. The first kappa shape index (κ1) is 12.2. The number of nitrogen functional groups attached to an aromatic ring is 1. The zero-order valence-electron chi connectivity index (χ0n) is 9.26. The maximum absolute atomic E-state index is 10.4. The zero-order chi connectivity index (χ0) is 13.8. The smallest absolute Gasteiger partial charge is 0.400 e. The molecule has 2 rings (SSSR count). The second-order valence-electron chi connectivity index (χ2n) is 3.16. The van der Waals surface area contributed by atoms with Gasteiger partial charge in [0, 0.05) is 0 Å². The van der Waals surface area contributed by atoms with Gasteiger partial charge in [-0.3, -0.25) is 10.1 Å². The molecule has 4 N–H and O–H groups in total. The minimum Gasteiger partial charge on any atom is -0.400 e. The van der Waals surface area contributed by atoms with Gasteiger partial charge in [-0.1, -0.05) is 0 Å². The van der Waals surface area contributed by atoms with Crippen LogP contribution in [0.2, 0.25) is 0 Å². The first-order valence-electron chi connectivity index (χ1n) is 4.77. The summed E-state index contributed by atoms with van der Waals surface area (Å²) in [5.74, 6) is -0.390. The van der Waals surface area contributed by atoms with E-state index < -0.39 is 10.8 Å². The van der Waals surface area contributed by atoms with Crippen molar-refractivity contribution in [1.82, 2.24) is 10.3 Å². The Morgan fingerprint density at radius 2 is 2.26 bits per heavy atom. The van der Waals surface area contributed by atoms with Crippen molar-refractivity contribution in [3.05, 3.63) is 33.7 Å². The lowest BCUT2D eigenvalue weighted by molar-refractivity contribution is -0.402. The molecule has 0 bridgehead atoms. The van der Waals surface area contributed by atoms with E-state index in [0.29, 0.717) is 0 Å². The van der Waals surface area contributed by atoms with E-state index in [4.69, 9.17) is 15.9 Å². The number of nitrogens with zero attached hydrogens (tertiary/aromatic N) is 5. The van der Waals surface area contributed by atoms with E-state index in [9.17, 15) is 10.1 Å². The monoisotopic (exact) mass is 265 g/mol. The molecule has 0 aliphatic carbocycles. The number of aromatic nitrogens is 2. The van der Waals surface area contributed by atoms with E-state index in [1.165, 1.54) is 12.1 Å². The Labute approximate surface area is 104 Å². The summed E-state index contributed by atoms with van der Waals surface area (Å²) < 4.78 is 9.14. The molecule has 0 aromatic carbocycles. The fourth-order valence-corrected chi connectivity index (χ4v) is 1.08. The summed E-state index contributed by atoms with van der Waals surface area (Å²) in [6.07, 6.45) is 1.14. The van der Waals surface area contributed by atoms with Gasteiger partial charge in [0.15, 0.2) is 23.1 Å². The van der Waals surface area contributed by atoms with Gasteiger partial charge in [0.2, 0.25) is 0 Å². The van der Waals surface area contributed by atoms with Crippen LogP contribution in [0, 0.1) is 10.1 Å². The Kier molecular flexibility index (Phi) is 3.18. The van der Waals surface area contributed by atoms with Crippen LogP contribution in [0.25, 0.3) is 0 Å². The van der Waals surface area contributed by atoms with Gasteiger partial charge in [-0.2, -0.15) is 5.10 Å². The Hall–Kier alpha value is -3.24. The predicted molar refractivity (Wildman–Crippen MR) is 62.4 cm³/mol. The van der Waals surface area contributed by atoms with Crippen LogP contribution in [-0.2, 0) is 0 Å². The van der Waals surface area contributed by atoms with E-state index >= 15 is 0 Å². The van der Waals surface area contributed by atoms with Crippen molar-refractivity contribution in [2.45, 2.75) is 0 Å². The summed E-state index contributed by atoms with van der Waals surface area (Å²) in [4.78, 5) is 9.70. The number of nitro groups is 1. The number of hydrogen-bond donors (Lipinski definition) is 2. The maximum atomic E-state index is 10.4. The Morgan fingerprint density at radius 3 is 2.84 bits per heavy atom. The molecule has 11 nitrogen and oxygen atoms in total. The second kappa shape index (κ2) is 4.95. The SMILES string of the molecule is N/C(=N/N=Cc1ccc([N+](=O)[O-])o1)c1nonc1N. The highest BCUT2D eigenvalue weighted by Gasteiger charge is 2.11. The lowest BCUT2D eigenvalue weighted by atomic mass is 10.4. The number of amidine groups is 1. The van der Waals surface area contributed by atoms with Gasteiger partial charge < -0.3 is 15.9 Å². The minimum atomic E-state index is -0.670. The zero-order valence-corrected chi connectivity index (χ0v) is 9.26. The van der Waals surface area contributed by atoms with Crippen LogP contribution in [0.3, 0.4) is 0 Å². The van der Waals surface area contributed by atoms with Crippen molar-refractivity contribution in [1.29, 1.82) is 0 Å². The highest BCUT2D eigenvalue weighted by molar-refractivity contribution is 5.99. The van der Waals surface area contributed by atoms with Crippen molar-refractivity contribution in [2.75, 3.05) is 5.73 Å². The van der Waals surface area contributed by atoms with Crippen LogP contribution >= 0.6 is 0 Å². The summed E-state index contributed by atoms with van der Waals surface area (Å²) in [7, 11) is 0. The van der Waals surface area contributed by atoms with Gasteiger partial charge >= 0.3 is 5.88 Å². The van der Waals surface area contributed by atoms with Crippen LogP contribution in [-0.4, -0.2) is 27.3 Å². The topological polar surface area (TPSA) is 172 Å². The summed E-state index contributed by atoms with van der Waals surface area (Å²) >= 11 is 0. The third kappa shape index (κ3) is 2.71. The molecule has 0 unspecified atom stereocenters. The van der Waals surface area contributed by atoms with Crippen molar-refractivity contribution >= 4 is 23.8 Å². The molecule has 0 aliphatic heterocycles. The fourth-order valence-electron chi connectivity index (χ4n) is 1.08. The largest absolute Gasteiger partial charge is 0.433 e. The average Bonchev–Trinajstić information content (AvgIpc) is 2.97. The van der Waals surface area contributed by atoms with Crippen molar-refractivity contribution in [3.8, 4) is 0 Å². The number of nitrogens with two attached hydrogens (primary N) is 2. The molecular weight excluding hydrogens is 258 g/mol. The highest BCUT2D eigenvalue weighted by atomic mass is 16.6. The Bertz CT molecular complexity index is 656. The van der Waals surface area contributed by atoms with Crippen LogP contribution < -0.4 is 11.5 Å². The normalized spacial score (nSPS) is 12.1. The van der Waals surface area contributed by atoms with E-state index in [1.54, 1.807) is 0 Å². The van der Waals surface area contributed by atoms with Gasteiger partial charge in [0.1, 0.15) is 4.92 Å². The molecule has 2 aromatic rings. The molecule has 0 fully saturated rings. The molecule has 2 aromatic heterocycles. The Morgan fingerprint density at radius 1 is 1.47 bits per heavy atom. The van der Waals surface area contributed by atoms with E-state index in [1.807, 2.05) is 0 Å². The van der Waals surface area contributed by atoms with Gasteiger partial charge in [0.05, 0.1) is 12.3 Å². The molecule has 0 radical (unpaired) electrons. The van der Waals surface area contributed by atoms with E-state index in [2.05, 4.69) is 25.1 Å². The van der Waals surface area contributed by atoms with Crippen molar-refractivity contribution < 1.29 is 14.0 Å². The van der Waals surface area contributed by atoms with Crippen LogP contribution in [0.5, 0.6) is 0 Å². The number of rotatable bonds is 4. The lowest BCUT2D eigenvalue weighted by Crippen LogP contribution is -2.15.